The Morgan fingerprint density at radius 3 is 2.87 bits per heavy atom. The van der Waals surface area contributed by atoms with Gasteiger partial charge in [-0.3, -0.25) is 9.89 Å². The Kier molecular flexibility index (Phi) is 3.85. The van der Waals surface area contributed by atoms with E-state index in [-0.39, 0.29) is 11.8 Å². The average molecular weight is 210 g/mol. The summed E-state index contributed by atoms with van der Waals surface area (Å²) in [7, 11) is 0. The second-order valence-corrected chi connectivity index (χ2v) is 3.88. The van der Waals surface area contributed by atoms with Gasteiger partial charge in [-0.2, -0.15) is 5.10 Å². The molecule has 1 amide bonds. The van der Waals surface area contributed by atoms with Crippen molar-refractivity contribution in [3.8, 4) is 0 Å². The molecule has 0 aliphatic rings. The second-order valence-electron chi connectivity index (χ2n) is 3.88. The molecule has 0 saturated heterocycles. The zero-order chi connectivity index (χ0) is 11.4. The summed E-state index contributed by atoms with van der Waals surface area (Å²) in [5.41, 5.74) is 6.71. The van der Waals surface area contributed by atoms with Gasteiger partial charge in [-0.05, 0) is 12.3 Å². The van der Waals surface area contributed by atoms with E-state index in [4.69, 9.17) is 5.73 Å². The molecule has 0 aliphatic carbocycles. The molecule has 0 bridgehead atoms. The zero-order valence-electron chi connectivity index (χ0n) is 9.37. The number of anilines is 1. The predicted molar refractivity (Wildman–Crippen MR) is 59.4 cm³/mol. The van der Waals surface area contributed by atoms with Crippen LogP contribution in [0.25, 0.3) is 0 Å². The van der Waals surface area contributed by atoms with Crippen LogP contribution in [-0.4, -0.2) is 22.1 Å². The Morgan fingerprint density at radius 1 is 1.67 bits per heavy atom. The summed E-state index contributed by atoms with van der Waals surface area (Å²) >= 11 is 0. The van der Waals surface area contributed by atoms with Crippen molar-refractivity contribution in [1.29, 1.82) is 0 Å². The maximum atomic E-state index is 11.6. The van der Waals surface area contributed by atoms with E-state index in [1.165, 1.54) is 0 Å². The van der Waals surface area contributed by atoms with Crippen molar-refractivity contribution < 1.29 is 4.79 Å². The molecule has 0 saturated carbocycles. The van der Waals surface area contributed by atoms with E-state index >= 15 is 0 Å². The van der Waals surface area contributed by atoms with E-state index in [1.54, 1.807) is 6.20 Å². The number of hydrogen-bond acceptors (Lipinski definition) is 3. The highest BCUT2D eigenvalue weighted by molar-refractivity contribution is 5.94. The maximum Gasteiger partial charge on any atom is 0.242 e. The monoisotopic (exact) mass is 210 g/mol. The smallest absolute Gasteiger partial charge is 0.242 e. The molecule has 0 fully saturated rings. The summed E-state index contributed by atoms with van der Waals surface area (Å²) in [6.45, 7) is 5.83. The third kappa shape index (κ3) is 2.79. The fourth-order valence-corrected chi connectivity index (χ4v) is 1.20. The number of nitrogens with zero attached hydrogens (tertiary/aromatic N) is 1. The first-order valence-corrected chi connectivity index (χ1v) is 5.15. The van der Waals surface area contributed by atoms with Gasteiger partial charge in [-0.15, -0.1) is 0 Å². The minimum Gasteiger partial charge on any atom is -0.320 e. The molecule has 1 heterocycles. The first kappa shape index (κ1) is 11.7. The van der Waals surface area contributed by atoms with Crippen molar-refractivity contribution in [3.05, 3.63) is 11.8 Å². The fraction of sp³-hybridized carbons (Fsp3) is 0.600. The first-order chi connectivity index (χ1) is 7.06. The summed E-state index contributed by atoms with van der Waals surface area (Å²) in [6, 6.07) is -0.488. The van der Waals surface area contributed by atoms with E-state index in [0.717, 1.165) is 12.0 Å². The fourth-order valence-electron chi connectivity index (χ4n) is 1.20. The van der Waals surface area contributed by atoms with Crippen LogP contribution in [0.15, 0.2) is 6.20 Å². The van der Waals surface area contributed by atoms with Crippen molar-refractivity contribution in [2.45, 2.75) is 33.2 Å². The third-order valence-electron chi connectivity index (χ3n) is 2.37. The largest absolute Gasteiger partial charge is 0.320 e. The summed E-state index contributed by atoms with van der Waals surface area (Å²) in [5.74, 6) is 0.598. The van der Waals surface area contributed by atoms with Gasteiger partial charge in [0.25, 0.3) is 0 Å². The number of hydrogen-bond donors (Lipinski definition) is 3. The molecule has 4 N–H and O–H groups in total. The lowest BCUT2D eigenvalue weighted by Crippen LogP contribution is -2.40. The van der Waals surface area contributed by atoms with Crippen LogP contribution in [0, 0.1) is 5.92 Å². The molecule has 1 atom stereocenters. The number of rotatable bonds is 4. The summed E-state index contributed by atoms with van der Waals surface area (Å²) in [4.78, 5) is 11.6. The molecule has 5 heteroatoms. The van der Waals surface area contributed by atoms with Crippen molar-refractivity contribution in [2.24, 2.45) is 11.7 Å². The number of aromatic amines is 1. The molecule has 5 nitrogen and oxygen atoms in total. The number of carbonyl (C=O) groups excluding carboxylic acids is 1. The SMILES string of the molecule is CCc1cn[nH]c1NC(=O)[C@H](N)C(C)C. The number of H-pyrrole nitrogens is 1. The predicted octanol–water partition coefficient (Wildman–Crippen LogP) is 0.894. The van der Waals surface area contributed by atoms with E-state index in [1.807, 2.05) is 20.8 Å². The Morgan fingerprint density at radius 2 is 2.33 bits per heavy atom. The molecule has 0 radical (unpaired) electrons. The molecule has 0 unspecified atom stereocenters. The molecule has 1 aromatic heterocycles. The molecule has 0 spiro atoms. The molecule has 1 aromatic rings. The minimum absolute atomic E-state index is 0.123. The van der Waals surface area contributed by atoms with Crippen LogP contribution >= 0.6 is 0 Å². The highest BCUT2D eigenvalue weighted by atomic mass is 16.2. The molecule has 15 heavy (non-hydrogen) atoms. The lowest BCUT2D eigenvalue weighted by atomic mass is 10.1. The Labute approximate surface area is 89.4 Å². The first-order valence-electron chi connectivity index (χ1n) is 5.15. The standard InChI is InChI=1S/C10H18N4O/c1-4-7-5-12-14-9(7)13-10(15)8(11)6(2)3/h5-6,8H,4,11H2,1-3H3,(H2,12,13,14,15)/t8-/m1/s1. The van der Waals surface area contributed by atoms with Gasteiger partial charge in [0.1, 0.15) is 5.82 Å². The summed E-state index contributed by atoms with van der Waals surface area (Å²) in [5, 5.41) is 9.35. The van der Waals surface area contributed by atoms with E-state index in [0.29, 0.717) is 5.82 Å². The van der Waals surface area contributed by atoms with Crippen LogP contribution in [0.4, 0.5) is 5.82 Å². The van der Waals surface area contributed by atoms with Crippen LogP contribution in [0.5, 0.6) is 0 Å². The number of aryl methyl sites for hydroxylation is 1. The number of aromatic nitrogens is 2. The number of carbonyl (C=O) groups is 1. The molecule has 84 valence electrons. The van der Waals surface area contributed by atoms with Crippen LogP contribution in [0.2, 0.25) is 0 Å². The Balaban J connectivity index is 2.66. The molecular formula is C10H18N4O. The highest BCUT2D eigenvalue weighted by Gasteiger charge is 2.18. The minimum atomic E-state index is -0.488. The van der Waals surface area contributed by atoms with Crippen molar-refractivity contribution in [1.82, 2.24) is 10.2 Å². The average Bonchev–Trinajstić information content (AvgIpc) is 2.63. The third-order valence-corrected chi connectivity index (χ3v) is 2.37. The maximum absolute atomic E-state index is 11.6. The summed E-state index contributed by atoms with van der Waals surface area (Å²) in [6.07, 6.45) is 2.53. The number of amides is 1. The van der Waals surface area contributed by atoms with Gasteiger partial charge in [0, 0.05) is 5.56 Å². The van der Waals surface area contributed by atoms with Crippen molar-refractivity contribution in [3.63, 3.8) is 0 Å². The van der Waals surface area contributed by atoms with Crippen molar-refractivity contribution in [2.75, 3.05) is 5.32 Å². The molecule has 0 aromatic carbocycles. The number of nitrogens with two attached hydrogens (primary N) is 1. The second kappa shape index (κ2) is 4.93. The van der Waals surface area contributed by atoms with Gasteiger partial charge in [-0.1, -0.05) is 20.8 Å². The van der Waals surface area contributed by atoms with Gasteiger partial charge >= 0.3 is 0 Å². The molecule has 0 aliphatic heterocycles. The van der Waals surface area contributed by atoms with Crippen LogP contribution in [0.1, 0.15) is 26.3 Å². The van der Waals surface area contributed by atoms with E-state index in [2.05, 4.69) is 15.5 Å². The van der Waals surface area contributed by atoms with E-state index < -0.39 is 6.04 Å². The normalized spacial score (nSPS) is 12.9. The zero-order valence-corrected chi connectivity index (χ0v) is 9.37. The van der Waals surface area contributed by atoms with Crippen LogP contribution in [0.3, 0.4) is 0 Å². The highest BCUT2D eigenvalue weighted by Crippen LogP contribution is 2.12. The van der Waals surface area contributed by atoms with Gasteiger partial charge in [0.2, 0.25) is 5.91 Å². The quantitative estimate of drug-likeness (QED) is 0.690. The van der Waals surface area contributed by atoms with Crippen LogP contribution < -0.4 is 11.1 Å². The van der Waals surface area contributed by atoms with Gasteiger partial charge in [0.05, 0.1) is 12.2 Å². The van der Waals surface area contributed by atoms with Gasteiger partial charge in [-0.25, -0.2) is 0 Å². The van der Waals surface area contributed by atoms with Crippen molar-refractivity contribution >= 4 is 11.7 Å². The lowest BCUT2D eigenvalue weighted by molar-refractivity contribution is -0.118. The molecule has 1 rings (SSSR count). The molecular weight excluding hydrogens is 192 g/mol. The summed E-state index contributed by atoms with van der Waals surface area (Å²) < 4.78 is 0. The van der Waals surface area contributed by atoms with E-state index in [9.17, 15) is 4.79 Å². The van der Waals surface area contributed by atoms with Gasteiger partial charge in [0.15, 0.2) is 0 Å². The van der Waals surface area contributed by atoms with Crippen LogP contribution in [-0.2, 0) is 11.2 Å². The lowest BCUT2D eigenvalue weighted by Gasteiger charge is -2.14. The Hall–Kier alpha value is -1.36. The number of nitrogens with one attached hydrogen (secondary N) is 2. The Bertz CT molecular complexity index is 332. The van der Waals surface area contributed by atoms with Gasteiger partial charge < -0.3 is 11.1 Å². The topological polar surface area (TPSA) is 83.8 Å².